The quantitative estimate of drug-likeness (QED) is 0.409. The molecule has 0 aliphatic heterocycles. The lowest BCUT2D eigenvalue weighted by Crippen LogP contribution is -2.13. The van der Waals surface area contributed by atoms with Gasteiger partial charge in [0.15, 0.2) is 5.65 Å². The number of benzene rings is 2. The van der Waals surface area contributed by atoms with Crippen LogP contribution >= 0.6 is 15.9 Å². The van der Waals surface area contributed by atoms with E-state index in [4.69, 9.17) is 10.1 Å². The van der Waals surface area contributed by atoms with Crippen molar-refractivity contribution in [3.63, 3.8) is 0 Å². The van der Waals surface area contributed by atoms with Crippen LogP contribution in [0.3, 0.4) is 0 Å². The molecular formula is C24H23BrN4O. The smallest absolute Gasteiger partial charge is 0.256 e. The number of carbonyl (C=O) groups is 1. The molecule has 2 heterocycles. The Kier molecular flexibility index (Phi) is 5.43. The molecule has 0 spiro atoms. The van der Waals surface area contributed by atoms with Crippen molar-refractivity contribution in [2.75, 3.05) is 5.32 Å². The lowest BCUT2D eigenvalue weighted by Gasteiger charge is -2.10. The third-order valence-electron chi connectivity index (χ3n) is 5.19. The first-order valence-corrected chi connectivity index (χ1v) is 10.7. The normalized spacial score (nSPS) is 11.1. The molecule has 4 rings (SSSR count). The molecule has 0 saturated heterocycles. The van der Waals surface area contributed by atoms with Crippen LogP contribution in [-0.4, -0.2) is 20.7 Å². The second-order valence-electron chi connectivity index (χ2n) is 7.45. The van der Waals surface area contributed by atoms with Gasteiger partial charge in [-0.3, -0.25) is 4.79 Å². The fourth-order valence-corrected chi connectivity index (χ4v) is 3.81. The third-order valence-corrected chi connectivity index (χ3v) is 6.08. The Morgan fingerprint density at radius 2 is 1.80 bits per heavy atom. The number of nitrogens with zero attached hydrogens (tertiary/aromatic N) is 3. The Hall–Kier alpha value is -2.99. The van der Waals surface area contributed by atoms with Crippen LogP contribution in [-0.2, 0) is 6.42 Å². The number of nitrogens with one attached hydrogen (secondary N) is 1. The van der Waals surface area contributed by atoms with Gasteiger partial charge in [0, 0.05) is 15.9 Å². The highest BCUT2D eigenvalue weighted by molar-refractivity contribution is 9.10. The van der Waals surface area contributed by atoms with Crippen LogP contribution in [0.1, 0.15) is 39.8 Å². The Morgan fingerprint density at radius 1 is 1.07 bits per heavy atom. The summed E-state index contributed by atoms with van der Waals surface area (Å²) in [5.41, 5.74) is 6.81. The van der Waals surface area contributed by atoms with Crippen molar-refractivity contribution in [3.05, 3.63) is 81.1 Å². The van der Waals surface area contributed by atoms with Crippen molar-refractivity contribution in [2.45, 2.75) is 34.1 Å². The summed E-state index contributed by atoms with van der Waals surface area (Å²) in [6.07, 6.45) is 0.983. The predicted molar refractivity (Wildman–Crippen MR) is 125 cm³/mol. The van der Waals surface area contributed by atoms with Crippen LogP contribution in [0.15, 0.2) is 53.0 Å². The number of anilines is 1. The number of fused-ring (bicyclic) bond motifs is 1. The Bertz CT molecular complexity index is 1260. The average molecular weight is 463 g/mol. The van der Waals surface area contributed by atoms with Crippen molar-refractivity contribution < 1.29 is 4.79 Å². The topological polar surface area (TPSA) is 59.8 Å². The van der Waals surface area contributed by atoms with Gasteiger partial charge in [0.2, 0.25) is 0 Å². The minimum atomic E-state index is -0.170. The fourth-order valence-electron chi connectivity index (χ4n) is 3.57. The van der Waals surface area contributed by atoms with E-state index in [0.29, 0.717) is 11.2 Å². The molecule has 0 fully saturated rings. The molecule has 0 aliphatic carbocycles. The van der Waals surface area contributed by atoms with Gasteiger partial charge in [0.05, 0.1) is 22.3 Å². The molecule has 0 atom stereocenters. The van der Waals surface area contributed by atoms with Crippen LogP contribution in [0.2, 0.25) is 0 Å². The van der Waals surface area contributed by atoms with Gasteiger partial charge < -0.3 is 5.32 Å². The molecule has 6 heteroatoms. The van der Waals surface area contributed by atoms with Gasteiger partial charge in [0.25, 0.3) is 5.91 Å². The minimum Gasteiger partial charge on any atom is -0.322 e. The number of hydrogen-bond donors (Lipinski definition) is 1. The maximum absolute atomic E-state index is 13.2. The zero-order chi connectivity index (χ0) is 21.4. The third kappa shape index (κ3) is 3.75. The fraction of sp³-hybridized carbons (Fsp3) is 0.208. The minimum absolute atomic E-state index is 0.170. The Labute approximate surface area is 184 Å². The molecule has 1 N–H and O–H groups in total. The molecule has 0 aliphatic rings. The number of rotatable bonds is 4. The van der Waals surface area contributed by atoms with E-state index in [-0.39, 0.29) is 5.91 Å². The highest BCUT2D eigenvalue weighted by Crippen LogP contribution is 2.27. The molecule has 2 aromatic heterocycles. The van der Waals surface area contributed by atoms with Gasteiger partial charge in [-0.1, -0.05) is 35.0 Å². The first-order chi connectivity index (χ1) is 14.4. The van der Waals surface area contributed by atoms with E-state index in [1.54, 1.807) is 0 Å². The number of halogens is 1. The van der Waals surface area contributed by atoms with Gasteiger partial charge in [-0.25, -0.2) is 9.67 Å². The summed E-state index contributed by atoms with van der Waals surface area (Å²) in [5, 5.41) is 8.48. The van der Waals surface area contributed by atoms with E-state index >= 15 is 0 Å². The zero-order valence-corrected chi connectivity index (χ0v) is 19.0. The van der Waals surface area contributed by atoms with E-state index in [0.717, 1.165) is 44.6 Å². The largest absolute Gasteiger partial charge is 0.322 e. The standard InChI is InChI=1S/C24H23BrN4O/c1-5-17-6-9-19(10-7-17)29-23-22(16(4)28-29)20(13-15(3)26-23)24(30)27-18-8-11-21(25)14(2)12-18/h6-13H,5H2,1-4H3,(H,27,30). The summed E-state index contributed by atoms with van der Waals surface area (Å²) < 4.78 is 2.83. The van der Waals surface area contributed by atoms with E-state index in [9.17, 15) is 4.79 Å². The molecular weight excluding hydrogens is 440 g/mol. The molecule has 5 nitrogen and oxygen atoms in total. The van der Waals surface area contributed by atoms with Gasteiger partial charge in [-0.2, -0.15) is 5.10 Å². The van der Waals surface area contributed by atoms with Crippen LogP contribution in [0.4, 0.5) is 5.69 Å². The lowest BCUT2D eigenvalue weighted by molar-refractivity contribution is 0.102. The number of hydrogen-bond acceptors (Lipinski definition) is 3. The Balaban J connectivity index is 1.79. The number of amides is 1. The molecule has 152 valence electrons. The molecule has 30 heavy (non-hydrogen) atoms. The number of carbonyl (C=O) groups excluding carboxylic acids is 1. The van der Waals surface area contributed by atoms with E-state index in [2.05, 4.69) is 40.3 Å². The second kappa shape index (κ2) is 8.03. The summed E-state index contributed by atoms with van der Waals surface area (Å²) in [6, 6.07) is 15.8. The van der Waals surface area contributed by atoms with Crippen molar-refractivity contribution in [2.24, 2.45) is 0 Å². The summed E-state index contributed by atoms with van der Waals surface area (Å²) in [7, 11) is 0. The highest BCUT2D eigenvalue weighted by atomic mass is 79.9. The molecule has 1 amide bonds. The maximum Gasteiger partial charge on any atom is 0.256 e. The monoisotopic (exact) mass is 462 g/mol. The average Bonchev–Trinajstić information content (AvgIpc) is 3.06. The van der Waals surface area contributed by atoms with Gasteiger partial charge in [-0.05, 0) is 74.7 Å². The predicted octanol–water partition coefficient (Wildman–Crippen LogP) is 5.92. The van der Waals surface area contributed by atoms with E-state index < -0.39 is 0 Å². The molecule has 0 saturated carbocycles. The van der Waals surface area contributed by atoms with Crippen LogP contribution in [0.25, 0.3) is 16.7 Å². The zero-order valence-electron chi connectivity index (χ0n) is 17.5. The van der Waals surface area contributed by atoms with Crippen molar-refractivity contribution >= 4 is 38.6 Å². The van der Waals surface area contributed by atoms with Crippen LogP contribution in [0, 0.1) is 20.8 Å². The molecule has 0 radical (unpaired) electrons. The summed E-state index contributed by atoms with van der Waals surface area (Å²) in [4.78, 5) is 17.9. The Morgan fingerprint density at radius 3 is 2.47 bits per heavy atom. The lowest BCUT2D eigenvalue weighted by atomic mass is 10.1. The maximum atomic E-state index is 13.2. The van der Waals surface area contributed by atoms with E-state index in [1.807, 2.05) is 61.9 Å². The van der Waals surface area contributed by atoms with Crippen molar-refractivity contribution in [1.82, 2.24) is 14.8 Å². The van der Waals surface area contributed by atoms with Gasteiger partial charge in [-0.15, -0.1) is 0 Å². The van der Waals surface area contributed by atoms with Gasteiger partial charge >= 0.3 is 0 Å². The van der Waals surface area contributed by atoms with E-state index in [1.165, 1.54) is 5.56 Å². The molecule has 4 aromatic rings. The second-order valence-corrected chi connectivity index (χ2v) is 8.30. The molecule has 0 bridgehead atoms. The summed E-state index contributed by atoms with van der Waals surface area (Å²) in [6.45, 7) is 7.93. The first-order valence-electron chi connectivity index (χ1n) is 9.91. The molecule has 0 unspecified atom stereocenters. The molecule has 2 aromatic carbocycles. The first kappa shape index (κ1) is 20.3. The SMILES string of the molecule is CCc1ccc(-n2nc(C)c3c(C(=O)Nc4ccc(Br)c(C)c4)cc(C)nc32)cc1. The van der Waals surface area contributed by atoms with Crippen LogP contribution < -0.4 is 5.32 Å². The van der Waals surface area contributed by atoms with Crippen molar-refractivity contribution in [3.8, 4) is 5.69 Å². The highest BCUT2D eigenvalue weighted by Gasteiger charge is 2.20. The summed E-state index contributed by atoms with van der Waals surface area (Å²) >= 11 is 3.49. The van der Waals surface area contributed by atoms with Crippen molar-refractivity contribution in [1.29, 1.82) is 0 Å². The summed E-state index contributed by atoms with van der Waals surface area (Å²) in [5.74, 6) is -0.170. The number of aromatic nitrogens is 3. The van der Waals surface area contributed by atoms with Crippen LogP contribution in [0.5, 0.6) is 0 Å². The van der Waals surface area contributed by atoms with Gasteiger partial charge in [0.1, 0.15) is 0 Å². The number of pyridine rings is 1. The number of aryl methyl sites for hydroxylation is 4.